The Morgan fingerprint density at radius 1 is 0.355 bits per heavy atom. The van der Waals surface area contributed by atoms with E-state index in [0.29, 0.717) is 141 Å². The van der Waals surface area contributed by atoms with Gasteiger partial charge in [-0.1, -0.05) is 121 Å². The molecule has 4 fully saturated rings. The number of nitrogens with zero attached hydrogens (tertiary/aromatic N) is 7. The summed E-state index contributed by atoms with van der Waals surface area (Å²) in [5, 5.41) is 23.9. The third-order valence-electron chi connectivity index (χ3n) is 23.2. The topological polar surface area (TPSA) is 368 Å². The number of primary amides is 1. The molecular weight excluding hydrogens is 1880 g/mol. The number of carboxylic acid groups (broad SMARTS) is 2. The fourth-order valence-electron chi connectivity index (χ4n) is 17.3. The van der Waals surface area contributed by atoms with Crippen LogP contribution in [0.3, 0.4) is 0 Å². The molecule has 5 N–H and O–H groups in total. The minimum Gasteiger partial charge on any atom is -0.480 e. The average Bonchev–Trinajstić information content (AvgIpc) is 1.65. The third-order valence-corrected chi connectivity index (χ3v) is 23.2. The second kappa shape index (κ2) is 46.4. The van der Waals surface area contributed by atoms with Gasteiger partial charge < -0.3 is 82.7 Å². The predicted octanol–water partition coefficient (Wildman–Crippen LogP) is 16.4. The molecule has 4 amide bonds. The van der Waals surface area contributed by atoms with Crippen molar-refractivity contribution in [3.63, 3.8) is 0 Å². The molecular formula is C100H95F12N9O20. The Bertz CT molecular complexity index is 6400. The van der Waals surface area contributed by atoms with Crippen LogP contribution in [0.15, 0.2) is 219 Å². The van der Waals surface area contributed by atoms with Crippen LogP contribution in [-0.4, -0.2) is 203 Å². The van der Waals surface area contributed by atoms with Crippen molar-refractivity contribution in [1.82, 2.24) is 38.3 Å². The number of aromatic carboxylic acids is 1. The maximum Gasteiger partial charge on any atom is 0.573 e. The number of carbonyl (C=O) groups excluding carboxylic acids is 10. The molecule has 41 heteroatoms. The molecule has 4 saturated heterocycles. The van der Waals surface area contributed by atoms with Crippen molar-refractivity contribution in [3.05, 3.63) is 263 Å². The number of alkyl halides is 12. The molecule has 0 unspecified atom stereocenters. The number of ketones is 4. The summed E-state index contributed by atoms with van der Waals surface area (Å²) < 4.78 is 181. The Balaban J connectivity index is 0.000000162. The molecule has 141 heavy (non-hydrogen) atoms. The number of esters is 2. The van der Waals surface area contributed by atoms with Crippen LogP contribution in [0.1, 0.15) is 129 Å². The molecule has 12 aromatic rings. The minimum atomic E-state index is -4.83. The lowest BCUT2D eigenvalue weighted by atomic mass is 10.0. The van der Waals surface area contributed by atoms with Crippen LogP contribution in [0.2, 0.25) is 0 Å². The molecule has 0 spiro atoms. The van der Waals surface area contributed by atoms with Crippen molar-refractivity contribution >= 4 is 114 Å². The zero-order chi connectivity index (χ0) is 102. The summed E-state index contributed by atoms with van der Waals surface area (Å²) in [6.45, 7) is 5.48. The van der Waals surface area contributed by atoms with Gasteiger partial charge in [-0.3, -0.25) is 43.2 Å². The summed E-state index contributed by atoms with van der Waals surface area (Å²) >= 11 is 0. The molecule has 4 aromatic heterocycles. The van der Waals surface area contributed by atoms with Gasteiger partial charge in [-0.25, -0.2) is 14.4 Å². The standard InChI is InChI=1S/C26H25F3N2O5.C24H22F3N3O4.C24H21F3N2O5.C13H14F3NO2.C13H13NO4/c1-2-35-25(34)20-15-30(21-10-4-3-9-19(20)21)16-24(33)31-12-6-11-22(31)23(32)14-17-7-5-8-18(13-17)36-26(27,28)29;25-24(26,27)34-16-6-3-5-15(11-16)12-21(31)20-9-4-10-30(20)22(32)14-29-13-18(23(28)33)17-7-1-2-8-19(17)29;25-24(26,27)34-16-6-3-5-15(11-16)12-21(30)20-9-4-10-29(20)22(31)14-28-13-18(23(32)33)17-7-1-2-8-19(17)28;14-13(15,16)19-10-4-1-3-9(7-10)8-12(18)11-5-2-6-17-11;1-2-18-13(17)10-7-14(8-12(15)16)11-6-4-3-5-9(10)11/h3-5,7-10,13,15,22H,2,6,11-12,14,16H2,1H3;1-3,5-8,11,13,20H,4,9-10,12,14H2,(H2,28,33);1-3,5-8,11,13,20H,4,9-10,12,14H2,(H,32,33);1,3-4,7,11,17H,2,5-6,8H2;3-7H,2,8H2,1H3,(H,15,16)/t22-;2*20-;11-;/m0000./s1. The van der Waals surface area contributed by atoms with Crippen LogP contribution in [0, 0.1) is 0 Å². The van der Waals surface area contributed by atoms with E-state index in [1.54, 1.807) is 149 Å². The van der Waals surface area contributed by atoms with E-state index < -0.39 is 90.6 Å². The summed E-state index contributed by atoms with van der Waals surface area (Å²) in [7, 11) is 0. The number of rotatable bonds is 30. The van der Waals surface area contributed by atoms with E-state index in [1.807, 2.05) is 0 Å². The molecule has 0 radical (unpaired) electrons. The Morgan fingerprint density at radius 2 is 0.638 bits per heavy atom. The van der Waals surface area contributed by atoms with E-state index >= 15 is 0 Å². The molecule has 8 heterocycles. The number of hydrogen-bond donors (Lipinski definition) is 4. The van der Waals surface area contributed by atoms with Crippen LogP contribution >= 0.6 is 0 Å². The first kappa shape index (κ1) is 105. The first-order valence-electron chi connectivity index (χ1n) is 44.5. The van der Waals surface area contributed by atoms with Gasteiger partial charge in [-0.2, -0.15) is 0 Å². The van der Waals surface area contributed by atoms with Crippen LogP contribution in [0.5, 0.6) is 23.0 Å². The molecule has 0 bridgehead atoms. The summed E-state index contributed by atoms with van der Waals surface area (Å²) in [6, 6.07) is 47.3. The van der Waals surface area contributed by atoms with E-state index in [-0.39, 0.29) is 123 Å². The molecule has 16 rings (SSSR count). The monoisotopic (exact) mass is 1970 g/mol. The predicted molar refractivity (Wildman–Crippen MR) is 485 cm³/mol. The molecule has 8 aromatic carbocycles. The number of Topliss-reactive ketones (excluding diaryl/α,β-unsaturated/α-hetero) is 4. The zero-order valence-corrected chi connectivity index (χ0v) is 75.6. The largest absolute Gasteiger partial charge is 0.573 e. The van der Waals surface area contributed by atoms with Crippen molar-refractivity contribution in [2.45, 2.75) is 167 Å². The van der Waals surface area contributed by atoms with Gasteiger partial charge in [0.1, 0.15) is 49.2 Å². The Labute approximate surface area is 796 Å². The van der Waals surface area contributed by atoms with Crippen molar-refractivity contribution < 1.29 is 149 Å². The van der Waals surface area contributed by atoms with E-state index in [2.05, 4.69) is 24.3 Å². The minimum absolute atomic E-state index is 0.00154. The van der Waals surface area contributed by atoms with Gasteiger partial charge in [-0.15, -0.1) is 52.7 Å². The van der Waals surface area contributed by atoms with Crippen LogP contribution < -0.4 is 30.0 Å². The van der Waals surface area contributed by atoms with Gasteiger partial charge in [0.2, 0.25) is 17.7 Å². The van der Waals surface area contributed by atoms with Gasteiger partial charge in [0.05, 0.1) is 59.6 Å². The highest BCUT2D eigenvalue weighted by Gasteiger charge is 2.40. The lowest BCUT2D eigenvalue weighted by molar-refractivity contribution is -0.275. The number of aromatic nitrogens is 4. The van der Waals surface area contributed by atoms with Gasteiger partial charge >= 0.3 is 49.3 Å². The molecule has 4 aliphatic heterocycles. The van der Waals surface area contributed by atoms with Gasteiger partial charge in [0.25, 0.3) is 5.91 Å². The third kappa shape index (κ3) is 28.7. The number of likely N-dealkylation sites (tertiary alicyclic amines) is 3. The van der Waals surface area contributed by atoms with E-state index in [0.717, 1.165) is 37.6 Å². The van der Waals surface area contributed by atoms with Gasteiger partial charge in [-0.05, 0) is 167 Å². The highest BCUT2D eigenvalue weighted by Crippen LogP contribution is 2.35. The van der Waals surface area contributed by atoms with Crippen molar-refractivity contribution in [2.75, 3.05) is 39.4 Å². The number of para-hydroxylation sites is 4. The number of aliphatic carboxylic acids is 1. The molecule has 4 aliphatic rings. The summed E-state index contributed by atoms with van der Waals surface area (Å²) in [5.41, 5.74) is 10.9. The molecule has 0 aliphatic carbocycles. The second-order valence-corrected chi connectivity index (χ2v) is 33.0. The molecule has 0 saturated carbocycles. The fourth-order valence-corrected chi connectivity index (χ4v) is 17.3. The smallest absolute Gasteiger partial charge is 0.480 e. The van der Waals surface area contributed by atoms with Crippen LogP contribution in [0.25, 0.3) is 43.6 Å². The number of nitrogens with two attached hydrogens (primary N) is 1. The summed E-state index contributed by atoms with van der Waals surface area (Å²) in [5.74, 6) is -6.77. The maximum absolute atomic E-state index is 13.2. The van der Waals surface area contributed by atoms with Gasteiger partial charge in [0.15, 0.2) is 23.1 Å². The summed E-state index contributed by atoms with van der Waals surface area (Å²) in [6.07, 6.45) is -8.38. The number of fused-ring (bicyclic) bond motifs is 4. The lowest BCUT2D eigenvalue weighted by Crippen LogP contribution is -2.42. The number of hydrogen-bond acceptors (Lipinski definition) is 19. The van der Waals surface area contributed by atoms with Gasteiger partial charge in [0, 0.05) is 114 Å². The Kier molecular flexibility index (Phi) is 34.4. The van der Waals surface area contributed by atoms with E-state index in [4.69, 9.17) is 20.3 Å². The normalized spacial score (nSPS) is 15.7. The number of carboxylic acids is 2. The molecule has 29 nitrogen and oxygen atoms in total. The first-order valence-corrected chi connectivity index (χ1v) is 44.5. The van der Waals surface area contributed by atoms with Crippen LogP contribution in [-0.2, 0) is 99.7 Å². The number of halogens is 12. The van der Waals surface area contributed by atoms with E-state index in [1.165, 1.54) is 98.5 Å². The van der Waals surface area contributed by atoms with Crippen molar-refractivity contribution in [3.8, 4) is 23.0 Å². The highest BCUT2D eigenvalue weighted by molar-refractivity contribution is 6.08. The average molecular weight is 1970 g/mol. The number of benzene rings is 8. The Hall–Kier alpha value is -15.3. The summed E-state index contributed by atoms with van der Waals surface area (Å²) in [4.78, 5) is 153. The number of nitrogens with one attached hydrogen (secondary N) is 1. The molecule has 744 valence electrons. The SMILES string of the molecule is CCOC(=O)c1cn(CC(=O)N2CCC[C@H]2C(=O)Cc2cccc(OC(F)(F)F)c2)c2ccccc12.CCOC(=O)c1cn(CC(=O)O)c2ccccc12.NC(=O)c1cn(CC(=O)N2CCC[C@H]2C(=O)Cc2cccc(OC(F)(F)F)c2)c2ccccc12.O=C(Cc1cccc(OC(F)(F)F)c1)[C@@H]1CCCN1.O=C(O)c1cn(CC(=O)N2CCC[C@H]2C(=O)Cc2cccc(OC(F)(F)F)c2)c2ccccc12. The first-order chi connectivity index (χ1) is 67.0. The quantitative estimate of drug-likeness (QED) is 0.0240. The highest BCUT2D eigenvalue weighted by atomic mass is 19.4. The zero-order valence-electron chi connectivity index (χ0n) is 75.6. The number of ether oxygens (including phenoxy) is 6. The Morgan fingerprint density at radius 3 is 0.922 bits per heavy atom. The lowest BCUT2D eigenvalue weighted by Gasteiger charge is -2.24. The maximum atomic E-state index is 13.2. The fraction of sp³-hybridized carbons (Fsp3) is 0.320. The molecule has 4 atom stereocenters. The number of carbonyl (C=O) groups is 12. The van der Waals surface area contributed by atoms with Crippen molar-refractivity contribution in [1.29, 1.82) is 0 Å². The van der Waals surface area contributed by atoms with E-state index in [9.17, 15) is 115 Å². The van der Waals surface area contributed by atoms with Crippen molar-refractivity contribution in [2.24, 2.45) is 5.73 Å². The second-order valence-electron chi connectivity index (χ2n) is 33.0. The number of amides is 4. The van der Waals surface area contributed by atoms with Crippen LogP contribution in [0.4, 0.5) is 52.7 Å².